The van der Waals surface area contributed by atoms with Crippen LogP contribution in [0.3, 0.4) is 0 Å². The summed E-state index contributed by atoms with van der Waals surface area (Å²) in [6, 6.07) is 6.21. The van der Waals surface area contributed by atoms with E-state index in [4.69, 9.17) is 0 Å². The van der Waals surface area contributed by atoms with Crippen molar-refractivity contribution in [2.24, 2.45) is 0 Å². The molecule has 0 unspecified atom stereocenters. The lowest BCUT2D eigenvalue weighted by Gasteiger charge is -2.28. The van der Waals surface area contributed by atoms with E-state index < -0.39 is 0 Å². The lowest BCUT2D eigenvalue weighted by atomic mass is 9.84. The quantitative estimate of drug-likeness (QED) is 0.498. The Morgan fingerprint density at radius 1 is 1.16 bits per heavy atom. The molecule has 136 valence electrons. The number of benzene rings is 1. The van der Waals surface area contributed by atoms with Crippen LogP contribution in [0.1, 0.15) is 50.6 Å². The van der Waals surface area contributed by atoms with Gasteiger partial charge in [0.2, 0.25) is 0 Å². The Morgan fingerprint density at radius 2 is 1.88 bits per heavy atom. The second-order valence-corrected chi connectivity index (χ2v) is 7.20. The summed E-state index contributed by atoms with van der Waals surface area (Å²) in [5.74, 6) is -0.479. The lowest BCUT2D eigenvalue weighted by molar-refractivity contribution is 0.369. The van der Waals surface area contributed by atoms with E-state index in [1.54, 1.807) is 24.3 Å². The van der Waals surface area contributed by atoms with Crippen molar-refractivity contribution in [3.05, 3.63) is 41.6 Å². The molecule has 0 spiro atoms. The van der Waals surface area contributed by atoms with Crippen LogP contribution in [0, 0.1) is 11.6 Å². The van der Waals surface area contributed by atoms with Gasteiger partial charge in [0.25, 0.3) is 0 Å². The smallest absolute Gasteiger partial charge is 0.172 e. The van der Waals surface area contributed by atoms with Gasteiger partial charge >= 0.3 is 0 Å². The van der Waals surface area contributed by atoms with E-state index in [1.807, 2.05) is 0 Å². The number of rotatable bonds is 7. The maximum Gasteiger partial charge on any atom is 0.172 e. The van der Waals surface area contributed by atoms with E-state index >= 15 is 0 Å². The number of nitrogens with zero attached hydrogens (tertiary/aromatic N) is 1. The minimum atomic E-state index is -0.336. The van der Waals surface area contributed by atoms with Crippen molar-refractivity contribution in [2.75, 3.05) is 6.54 Å². The molecule has 0 atom stereocenters. The zero-order chi connectivity index (χ0) is 17.6. The molecule has 0 bridgehead atoms. The summed E-state index contributed by atoms with van der Waals surface area (Å²) in [4.78, 5) is 0. The van der Waals surface area contributed by atoms with Gasteiger partial charge in [0.05, 0.1) is 5.69 Å². The van der Waals surface area contributed by atoms with Crippen LogP contribution < -0.4 is 9.44 Å². The first kappa shape index (κ1) is 18.4. The van der Waals surface area contributed by atoms with Crippen molar-refractivity contribution in [2.45, 2.75) is 51.0 Å². The van der Waals surface area contributed by atoms with Crippen molar-refractivity contribution in [1.82, 2.24) is 19.6 Å². The predicted octanol–water partition coefficient (Wildman–Crippen LogP) is 4.53. The third kappa shape index (κ3) is 4.59. The molecule has 1 aromatic heterocycles. The molecule has 4 nitrogen and oxygen atoms in total. The normalized spacial score (nSPS) is 20.8. The maximum absolute atomic E-state index is 14.8. The molecule has 1 saturated carbocycles. The standard InChI is InChI=1S/C18H24F2N4S/c1-2-11-21-25-24-15-9-5-13(6-10-15)18-16(20)17(22-23-18)12-3-7-14(19)8-4-12/h3-4,7-8,13,15,21,24H,2,5-6,9-11H2,1H3,(H,22,23). The number of aromatic nitrogens is 2. The minimum absolute atomic E-state index is 0.161. The maximum atomic E-state index is 14.8. The second-order valence-electron chi connectivity index (χ2n) is 6.47. The average Bonchev–Trinajstić information content (AvgIpc) is 3.01. The first-order valence-electron chi connectivity index (χ1n) is 8.83. The molecule has 2 aromatic rings. The van der Waals surface area contributed by atoms with Gasteiger partial charge in [0.15, 0.2) is 5.82 Å². The molecule has 3 rings (SSSR count). The summed E-state index contributed by atoms with van der Waals surface area (Å²) < 4.78 is 34.5. The van der Waals surface area contributed by atoms with Crippen molar-refractivity contribution in [3.63, 3.8) is 0 Å². The van der Waals surface area contributed by atoms with Crippen LogP contribution >= 0.6 is 12.1 Å². The van der Waals surface area contributed by atoms with Crippen LogP contribution in [0.4, 0.5) is 8.78 Å². The van der Waals surface area contributed by atoms with Crippen molar-refractivity contribution < 1.29 is 8.78 Å². The molecule has 0 aliphatic heterocycles. The van der Waals surface area contributed by atoms with E-state index in [9.17, 15) is 8.78 Å². The summed E-state index contributed by atoms with van der Waals surface area (Å²) in [5.41, 5.74) is 1.44. The number of H-pyrrole nitrogens is 1. The average molecular weight is 366 g/mol. The summed E-state index contributed by atoms with van der Waals surface area (Å²) in [5, 5.41) is 7.00. The van der Waals surface area contributed by atoms with Crippen LogP contribution in [0.25, 0.3) is 11.3 Å². The molecule has 1 fully saturated rings. The molecule has 0 saturated heterocycles. The van der Waals surface area contributed by atoms with Gasteiger partial charge in [-0.25, -0.2) is 13.5 Å². The fourth-order valence-corrected chi connectivity index (χ4v) is 3.98. The minimum Gasteiger partial charge on any atom is -0.279 e. The largest absolute Gasteiger partial charge is 0.279 e. The molecule has 1 aliphatic carbocycles. The van der Waals surface area contributed by atoms with Crippen LogP contribution in [-0.4, -0.2) is 22.8 Å². The summed E-state index contributed by atoms with van der Waals surface area (Å²) in [6.07, 6.45) is 4.98. The molecule has 1 aromatic carbocycles. The van der Waals surface area contributed by atoms with Gasteiger partial charge in [-0.2, -0.15) is 5.10 Å². The Kier molecular flexibility index (Phi) is 6.45. The molecular formula is C18H24F2N4S. The van der Waals surface area contributed by atoms with Gasteiger partial charge in [0.1, 0.15) is 11.5 Å². The molecule has 1 heterocycles. The first-order chi connectivity index (χ1) is 12.2. The first-order valence-corrected chi connectivity index (χ1v) is 9.64. The van der Waals surface area contributed by atoms with E-state index in [0.717, 1.165) is 38.6 Å². The zero-order valence-corrected chi connectivity index (χ0v) is 15.1. The molecular weight excluding hydrogens is 342 g/mol. The summed E-state index contributed by atoms with van der Waals surface area (Å²) in [6.45, 7) is 3.12. The fourth-order valence-electron chi connectivity index (χ4n) is 3.19. The summed E-state index contributed by atoms with van der Waals surface area (Å²) >= 11 is 1.56. The van der Waals surface area contributed by atoms with E-state index in [1.165, 1.54) is 12.1 Å². The molecule has 25 heavy (non-hydrogen) atoms. The van der Waals surface area contributed by atoms with Gasteiger partial charge in [-0.05, 0) is 56.4 Å². The van der Waals surface area contributed by atoms with E-state index in [2.05, 4.69) is 26.6 Å². The van der Waals surface area contributed by atoms with Gasteiger partial charge in [-0.3, -0.25) is 9.82 Å². The molecule has 1 aliphatic rings. The van der Waals surface area contributed by atoms with Crippen molar-refractivity contribution >= 4 is 12.1 Å². The Labute approximate surface area is 151 Å². The van der Waals surface area contributed by atoms with Gasteiger partial charge < -0.3 is 0 Å². The lowest BCUT2D eigenvalue weighted by Crippen LogP contribution is -2.30. The Bertz CT molecular complexity index is 666. The highest BCUT2D eigenvalue weighted by molar-refractivity contribution is 7.95. The topological polar surface area (TPSA) is 52.7 Å². The van der Waals surface area contributed by atoms with Crippen LogP contribution in [-0.2, 0) is 0 Å². The molecule has 7 heteroatoms. The second kappa shape index (κ2) is 8.78. The summed E-state index contributed by atoms with van der Waals surface area (Å²) in [7, 11) is 0. The Balaban J connectivity index is 1.58. The Hall–Kier alpha value is -1.44. The van der Waals surface area contributed by atoms with Gasteiger partial charge in [0, 0.05) is 36.2 Å². The molecule has 3 N–H and O–H groups in total. The zero-order valence-electron chi connectivity index (χ0n) is 14.3. The van der Waals surface area contributed by atoms with Gasteiger partial charge in [-0.15, -0.1) is 0 Å². The number of nitrogens with one attached hydrogen (secondary N) is 3. The number of hydrogen-bond acceptors (Lipinski definition) is 4. The molecule has 0 amide bonds. The third-order valence-electron chi connectivity index (χ3n) is 4.64. The van der Waals surface area contributed by atoms with Crippen LogP contribution in [0.5, 0.6) is 0 Å². The van der Waals surface area contributed by atoms with Crippen LogP contribution in [0.15, 0.2) is 24.3 Å². The third-order valence-corrected chi connectivity index (χ3v) is 5.44. The van der Waals surface area contributed by atoms with E-state index in [0.29, 0.717) is 17.3 Å². The highest BCUT2D eigenvalue weighted by Crippen LogP contribution is 2.36. The van der Waals surface area contributed by atoms with E-state index in [-0.39, 0.29) is 23.2 Å². The van der Waals surface area contributed by atoms with Gasteiger partial charge in [-0.1, -0.05) is 6.92 Å². The number of halogens is 2. The number of aromatic amines is 1. The molecule has 0 radical (unpaired) electrons. The highest BCUT2D eigenvalue weighted by Gasteiger charge is 2.27. The highest BCUT2D eigenvalue weighted by atomic mass is 32.2. The SMILES string of the molecule is CCCNSNC1CCC(c2[nH]nc(-c3ccc(F)cc3)c2F)CC1. The monoisotopic (exact) mass is 366 g/mol. The van der Waals surface area contributed by atoms with Crippen LogP contribution in [0.2, 0.25) is 0 Å². The Morgan fingerprint density at radius 3 is 2.56 bits per heavy atom. The van der Waals surface area contributed by atoms with Crippen molar-refractivity contribution in [3.8, 4) is 11.3 Å². The fraction of sp³-hybridized carbons (Fsp3) is 0.500. The van der Waals surface area contributed by atoms with Crippen molar-refractivity contribution in [1.29, 1.82) is 0 Å². The number of hydrogen-bond donors (Lipinski definition) is 3. The predicted molar refractivity (Wildman–Crippen MR) is 98.0 cm³/mol.